The maximum absolute atomic E-state index is 14.8. The van der Waals surface area contributed by atoms with E-state index in [1.165, 1.54) is 12.1 Å². The van der Waals surface area contributed by atoms with Crippen molar-refractivity contribution in [2.75, 3.05) is 16.0 Å². The Morgan fingerprint density at radius 1 is 0.895 bits per heavy atom. The summed E-state index contributed by atoms with van der Waals surface area (Å²) in [5.41, 5.74) is -0.586. The van der Waals surface area contributed by atoms with Crippen LogP contribution in [0.5, 0.6) is 0 Å². The molecule has 2 aliphatic rings. The minimum absolute atomic E-state index is 0.162. The molecule has 1 unspecified atom stereocenters. The number of carbonyl (C=O) groups is 2. The zero-order valence-corrected chi connectivity index (χ0v) is 20.9. The summed E-state index contributed by atoms with van der Waals surface area (Å²) in [7, 11) is 0. The van der Waals surface area contributed by atoms with E-state index < -0.39 is 40.9 Å². The van der Waals surface area contributed by atoms with E-state index in [2.05, 4.69) is 16.0 Å². The van der Waals surface area contributed by atoms with Crippen LogP contribution in [-0.2, 0) is 10.5 Å². The summed E-state index contributed by atoms with van der Waals surface area (Å²) in [5, 5.41) is 18.8. The van der Waals surface area contributed by atoms with Crippen LogP contribution in [0.2, 0.25) is 5.02 Å². The van der Waals surface area contributed by atoms with E-state index in [4.69, 9.17) is 16.7 Å². The molecule has 4 N–H and O–H groups in total. The van der Waals surface area contributed by atoms with Crippen LogP contribution in [0.15, 0.2) is 54.6 Å². The van der Waals surface area contributed by atoms with E-state index in [-0.39, 0.29) is 28.5 Å². The fourth-order valence-electron chi connectivity index (χ4n) is 5.59. The molecule has 0 spiro atoms. The number of rotatable bonds is 6. The smallest absolute Gasteiger partial charge is 0.335 e. The average Bonchev–Trinajstić information content (AvgIpc) is 3.25. The Morgan fingerprint density at radius 3 is 2.05 bits per heavy atom. The van der Waals surface area contributed by atoms with E-state index in [0.29, 0.717) is 10.6 Å². The number of hydrogen-bond donors (Lipinski definition) is 4. The monoisotopic (exact) mass is 543 g/mol. The molecular formula is C28H25ClF3N3O3. The zero-order valence-electron chi connectivity index (χ0n) is 20.2. The van der Waals surface area contributed by atoms with Crippen LogP contribution in [0.3, 0.4) is 0 Å². The molecule has 1 fully saturated rings. The van der Waals surface area contributed by atoms with Crippen molar-refractivity contribution in [3.05, 3.63) is 88.2 Å². The molecule has 3 aromatic carbocycles. The topological polar surface area (TPSA) is 90.5 Å². The Labute approximate surface area is 222 Å². The summed E-state index contributed by atoms with van der Waals surface area (Å²) in [6.07, 6.45) is 4.24. The number of amides is 1. The molecule has 5 rings (SSSR count). The summed E-state index contributed by atoms with van der Waals surface area (Å²) in [6.45, 7) is 0. The first-order chi connectivity index (χ1) is 18.2. The van der Waals surface area contributed by atoms with Crippen LogP contribution in [0.25, 0.3) is 0 Å². The van der Waals surface area contributed by atoms with Crippen molar-refractivity contribution in [3.63, 3.8) is 0 Å². The minimum atomic E-state index is -1.34. The SMILES string of the molecule is O=C(O)c1ccc(NC(=O)C(C2CCCCC2)C2(c3ccc(Cl)cc3)Nc3cc(F)c(F)cc3N2)c(F)c1. The molecule has 0 saturated heterocycles. The number of aromatic carboxylic acids is 1. The second-order valence-corrected chi connectivity index (χ2v) is 10.2. The van der Waals surface area contributed by atoms with Crippen molar-refractivity contribution in [2.45, 2.75) is 37.8 Å². The third-order valence-electron chi connectivity index (χ3n) is 7.37. The van der Waals surface area contributed by atoms with Crippen LogP contribution in [-0.4, -0.2) is 17.0 Å². The van der Waals surface area contributed by atoms with Gasteiger partial charge in [0.2, 0.25) is 5.91 Å². The Hall–Kier alpha value is -3.72. The second kappa shape index (κ2) is 10.2. The number of carboxylic acids is 1. The quantitative estimate of drug-likeness (QED) is 0.269. The first-order valence-corrected chi connectivity index (χ1v) is 12.7. The first kappa shape index (κ1) is 25.9. The molecule has 198 valence electrons. The normalized spacial score (nSPS) is 17.2. The fourth-order valence-corrected chi connectivity index (χ4v) is 5.72. The van der Waals surface area contributed by atoms with E-state index >= 15 is 0 Å². The van der Waals surface area contributed by atoms with Crippen molar-refractivity contribution >= 4 is 40.5 Å². The Morgan fingerprint density at radius 2 is 1.50 bits per heavy atom. The number of nitrogens with one attached hydrogen (secondary N) is 3. The highest BCUT2D eigenvalue weighted by Crippen LogP contribution is 2.49. The summed E-state index contributed by atoms with van der Waals surface area (Å²) in [4.78, 5) is 25.3. The molecule has 1 saturated carbocycles. The molecule has 10 heteroatoms. The molecule has 1 aliphatic heterocycles. The molecular weight excluding hydrogens is 519 g/mol. The molecule has 0 aromatic heterocycles. The van der Waals surface area contributed by atoms with Gasteiger partial charge in [-0.2, -0.15) is 0 Å². The minimum Gasteiger partial charge on any atom is -0.478 e. The number of halogens is 4. The molecule has 0 radical (unpaired) electrons. The molecule has 3 aromatic rings. The van der Waals surface area contributed by atoms with Gasteiger partial charge in [-0.25, -0.2) is 18.0 Å². The van der Waals surface area contributed by atoms with Crippen molar-refractivity contribution in [1.29, 1.82) is 0 Å². The van der Waals surface area contributed by atoms with Gasteiger partial charge in [-0.05, 0) is 54.7 Å². The van der Waals surface area contributed by atoms with Crippen molar-refractivity contribution < 1.29 is 27.9 Å². The average molecular weight is 544 g/mol. The molecule has 38 heavy (non-hydrogen) atoms. The van der Waals surface area contributed by atoms with Gasteiger partial charge in [0, 0.05) is 17.2 Å². The van der Waals surface area contributed by atoms with E-state index in [1.807, 2.05) is 0 Å². The van der Waals surface area contributed by atoms with Gasteiger partial charge in [-0.15, -0.1) is 0 Å². The van der Waals surface area contributed by atoms with Gasteiger partial charge in [-0.1, -0.05) is 43.0 Å². The Balaban J connectivity index is 1.61. The van der Waals surface area contributed by atoms with E-state index in [1.54, 1.807) is 24.3 Å². The predicted octanol–water partition coefficient (Wildman–Crippen LogP) is 6.98. The molecule has 1 aliphatic carbocycles. The molecule has 0 bridgehead atoms. The van der Waals surface area contributed by atoms with Gasteiger partial charge in [0.25, 0.3) is 0 Å². The van der Waals surface area contributed by atoms with E-state index in [0.717, 1.165) is 50.3 Å². The Bertz CT molecular complexity index is 1360. The molecule has 1 atom stereocenters. The maximum Gasteiger partial charge on any atom is 0.335 e. The highest BCUT2D eigenvalue weighted by molar-refractivity contribution is 6.30. The zero-order chi connectivity index (χ0) is 27.0. The van der Waals surface area contributed by atoms with Crippen LogP contribution in [0, 0.1) is 29.3 Å². The summed E-state index contributed by atoms with van der Waals surface area (Å²) >= 11 is 6.14. The lowest BCUT2D eigenvalue weighted by atomic mass is 9.71. The first-order valence-electron chi connectivity index (χ1n) is 12.3. The van der Waals surface area contributed by atoms with Gasteiger partial charge < -0.3 is 21.1 Å². The van der Waals surface area contributed by atoms with Crippen LogP contribution < -0.4 is 16.0 Å². The molecule has 1 heterocycles. The van der Waals surface area contributed by atoms with Gasteiger partial charge in [0.05, 0.1) is 28.5 Å². The number of carbonyl (C=O) groups excluding carboxylic acids is 1. The summed E-state index contributed by atoms with van der Waals surface area (Å²) in [6, 6.07) is 12.1. The van der Waals surface area contributed by atoms with Gasteiger partial charge in [0.15, 0.2) is 11.6 Å². The van der Waals surface area contributed by atoms with Gasteiger partial charge in [0.1, 0.15) is 11.5 Å². The number of carboxylic acid groups (broad SMARTS) is 1. The third kappa shape index (κ3) is 4.78. The number of anilines is 3. The standard InChI is InChI=1S/C28H25ClF3N3O3/c29-18-9-7-17(8-10-18)28(34-23-13-19(30)20(31)14-24(23)35-28)25(15-4-2-1-3-5-15)26(36)33-22-11-6-16(27(37)38)12-21(22)32/h6-15,25,34-35H,1-5H2,(H,33,36)(H,37,38). The number of benzene rings is 3. The lowest BCUT2D eigenvalue weighted by Crippen LogP contribution is -2.54. The van der Waals surface area contributed by atoms with Crippen molar-refractivity contribution in [2.24, 2.45) is 11.8 Å². The largest absolute Gasteiger partial charge is 0.478 e. The molecule has 6 nitrogen and oxygen atoms in total. The van der Waals surface area contributed by atoms with Crippen molar-refractivity contribution in [1.82, 2.24) is 0 Å². The number of fused-ring (bicyclic) bond motifs is 1. The van der Waals surface area contributed by atoms with Crippen LogP contribution >= 0.6 is 11.6 Å². The second-order valence-electron chi connectivity index (χ2n) is 9.74. The van der Waals surface area contributed by atoms with Crippen molar-refractivity contribution in [3.8, 4) is 0 Å². The lowest BCUT2D eigenvalue weighted by molar-refractivity contribution is -0.124. The summed E-state index contributed by atoms with van der Waals surface area (Å²) in [5.74, 6) is -5.80. The predicted molar refractivity (Wildman–Crippen MR) is 139 cm³/mol. The van der Waals surface area contributed by atoms with Crippen LogP contribution in [0.4, 0.5) is 30.2 Å². The van der Waals surface area contributed by atoms with Gasteiger partial charge >= 0.3 is 5.97 Å². The van der Waals surface area contributed by atoms with E-state index in [9.17, 15) is 22.8 Å². The fraction of sp³-hybridized carbons (Fsp3) is 0.286. The summed E-state index contributed by atoms with van der Waals surface area (Å²) < 4.78 is 43.2. The lowest BCUT2D eigenvalue weighted by Gasteiger charge is -2.43. The maximum atomic E-state index is 14.8. The highest BCUT2D eigenvalue weighted by Gasteiger charge is 2.52. The van der Waals surface area contributed by atoms with Crippen LogP contribution in [0.1, 0.15) is 48.0 Å². The third-order valence-corrected chi connectivity index (χ3v) is 7.62. The molecule has 1 amide bonds. The van der Waals surface area contributed by atoms with Gasteiger partial charge in [-0.3, -0.25) is 4.79 Å². The number of hydrogen-bond acceptors (Lipinski definition) is 4. The Kier molecular flexibility index (Phi) is 6.96. The highest BCUT2D eigenvalue weighted by atomic mass is 35.5.